The molecule has 0 fully saturated rings. The Morgan fingerprint density at radius 1 is 0.235 bits per heavy atom. The Morgan fingerprint density at radius 2 is 0.588 bits per heavy atom. The van der Waals surface area contributed by atoms with Crippen molar-refractivity contribution in [2.24, 2.45) is 0 Å². The Hall–Kier alpha value is -9.19. The van der Waals surface area contributed by atoms with Gasteiger partial charge < -0.3 is 4.57 Å². The molecule has 0 amide bonds. The number of fused-ring (bicyclic) bond motifs is 7. The molecule has 5 heteroatoms. The first-order valence-corrected chi connectivity index (χ1v) is 23.0. The molecular weight excluding hydrogens is 827 g/mol. The second-order valence-corrected chi connectivity index (χ2v) is 17.2. The summed E-state index contributed by atoms with van der Waals surface area (Å²) in [6.07, 6.45) is 0. The first kappa shape index (κ1) is 39.2. The number of hydrogen-bond acceptors (Lipinski definition) is 3. The van der Waals surface area contributed by atoms with Crippen LogP contribution in [0.5, 0.6) is 0 Å². The number of benzene rings is 10. The Balaban J connectivity index is 1.13. The lowest BCUT2D eigenvalue weighted by molar-refractivity contribution is 0.953. The summed E-state index contributed by atoms with van der Waals surface area (Å²) >= 11 is 0. The summed E-state index contributed by atoms with van der Waals surface area (Å²) in [5.41, 5.74) is 16.3. The van der Waals surface area contributed by atoms with Gasteiger partial charge in [-0.05, 0) is 87.0 Å². The molecule has 0 saturated heterocycles. The van der Waals surface area contributed by atoms with Gasteiger partial charge in [0.1, 0.15) is 0 Å². The molecule has 0 bridgehead atoms. The van der Waals surface area contributed by atoms with E-state index in [4.69, 9.17) is 15.0 Å². The van der Waals surface area contributed by atoms with E-state index >= 15 is 0 Å². The van der Waals surface area contributed by atoms with Crippen molar-refractivity contribution in [2.45, 2.75) is 0 Å². The number of hydrogen-bond donors (Lipinski definition) is 0. The lowest BCUT2D eigenvalue weighted by Gasteiger charge is -2.16. The summed E-state index contributed by atoms with van der Waals surface area (Å²) in [5.74, 6) is 1.78. The molecule has 318 valence electrons. The molecule has 10 aromatic carbocycles. The zero-order valence-corrected chi connectivity index (χ0v) is 36.9. The minimum Gasteiger partial charge on any atom is -0.307 e. The largest absolute Gasteiger partial charge is 0.307 e. The molecule has 0 atom stereocenters. The van der Waals surface area contributed by atoms with Crippen molar-refractivity contribution in [2.75, 3.05) is 0 Å². The average Bonchev–Trinajstić information content (AvgIpc) is 3.95. The molecule has 0 aliphatic carbocycles. The van der Waals surface area contributed by atoms with Gasteiger partial charge in [-0.3, -0.25) is 4.57 Å². The molecular formula is C63H41N5. The van der Waals surface area contributed by atoms with E-state index in [1.54, 1.807) is 0 Å². The SMILES string of the molecule is c1ccc(-c2cccc(-c3cc(-c4cccc(-c5ccccc5)c4)cc(-n4c5ccccc5c5ccc6c7ccccc7n(-c7nc(-c8ccccc8)nc(-c8ccccc8)n7)c6c54)c3)c2)cc1. The monoisotopic (exact) mass is 867 g/mol. The molecule has 13 rings (SSSR count). The van der Waals surface area contributed by atoms with Crippen LogP contribution in [-0.2, 0) is 0 Å². The molecule has 3 heterocycles. The van der Waals surface area contributed by atoms with Gasteiger partial charge in [0.05, 0.1) is 22.1 Å². The molecule has 5 nitrogen and oxygen atoms in total. The van der Waals surface area contributed by atoms with E-state index < -0.39 is 0 Å². The third-order valence-electron chi connectivity index (χ3n) is 13.1. The standard InChI is InChI=1S/C63H41N5/c1-5-19-42(20-6-1)46-27-17-29-48(37-46)50-39-51(49-30-18-28-47(38-49)43-21-7-2-8-22-43)41-52(40-50)67-57-33-15-13-31-53(57)55-35-36-56-54-32-14-16-34-58(54)68(60(56)59(55)67)63-65-61(44-23-9-3-10-24-44)64-62(66-63)45-25-11-4-12-26-45/h1-41H. The fourth-order valence-corrected chi connectivity index (χ4v) is 9.97. The van der Waals surface area contributed by atoms with Crippen molar-refractivity contribution >= 4 is 43.6 Å². The zero-order valence-electron chi connectivity index (χ0n) is 36.9. The normalized spacial score (nSPS) is 11.5. The summed E-state index contributed by atoms with van der Waals surface area (Å²) in [5, 5.41) is 4.54. The highest BCUT2D eigenvalue weighted by Gasteiger charge is 2.24. The molecule has 0 spiro atoms. The van der Waals surface area contributed by atoms with Crippen LogP contribution in [0, 0.1) is 0 Å². The van der Waals surface area contributed by atoms with Gasteiger partial charge in [-0.1, -0.05) is 206 Å². The van der Waals surface area contributed by atoms with Crippen LogP contribution in [0.25, 0.3) is 123 Å². The first-order valence-electron chi connectivity index (χ1n) is 23.0. The number of aromatic nitrogens is 5. The van der Waals surface area contributed by atoms with Crippen molar-refractivity contribution in [3.63, 3.8) is 0 Å². The summed E-state index contributed by atoms with van der Waals surface area (Å²) in [4.78, 5) is 15.8. The number of para-hydroxylation sites is 2. The maximum atomic E-state index is 5.34. The highest BCUT2D eigenvalue weighted by molar-refractivity contribution is 6.23. The van der Waals surface area contributed by atoms with Crippen molar-refractivity contribution in [1.82, 2.24) is 24.1 Å². The fourth-order valence-electron chi connectivity index (χ4n) is 9.97. The van der Waals surface area contributed by atoms with E-state index in [9.17, 15) is 0 Å². The van der Waals surface area contributed by atoms with Gasteiger partial charge in [-0.2, -0.15) is 9.97 Å². The molecule has 68 heavy (non-hydrogen) atoms. The molecule has 0 radical (unpaired) electrons. The maximum absolute atomic E-state index is 5.34. The molecule has 0 N–H and O–H groups in total. The topological polar surface area (TPSA) is 48.5 Å². The summed E-state index contributed by atoms with van der Waals surface area (Å²) in [7, 11) is 0. The molecule has 0 aliphatic heterocycles. The van der Waals surface area contributed by atoms with Gasteiger partial charge >= 0.3 is 0 Å². The van der Waals surface area contributed by atoms with Crippen molar-refractivity contribution in [1.29, 1.82) is 0 Å². The van der Waals surface area contributed by atoms with Gasteiger partial charge in [0.15, 0.2) is 11.6 Å². The third-order valence-corrected chi connectivity index (χ3v) is 13.1. The van der Waals surface area contributed by atoms with Crippen LogP contribution in [0.1, 0.15) is 0 Å². The van der Waals surface area contributed by atoms with Crippen molar-refractivity contribution in [3.8, 4) is 78.9 Å². The molecule has 0 unspecified atom stereocenters. The van der Waals surface area contributed by atoms with Crippen LogP contribution in [0.15, 0.2) is 249 Å². The maximum Gasteiger partial charge on any atom is 0.238 e. The van der Waals surface area contributed by atoms with Gasteiger partial charge in [0.25, 0.3) is 0 Å². The first-order chi connectivity index (χ1) is 33.7. The zero-order chi connectivity index (χ0) is 45.0. The van der Waals surface area contributed by atoms with Crippen LogP contribution in [0.2, 0.25) is 0 Å². The van der Waals surface area contributed by atoms with Gasteiger partial charge in [-0.25, -0.2) is 4.98 Å². The van der Waals surface area contributed by atoms with Crippen molar-refractivity contribution in [3.05, 3.63) is 249 Å². The Morgan fingerprint density at radius 3 is 1.06 bits per heavy atom. The number of nitrogens with zero attached hydrogens (tertiary/aromatic N) is 5. The lowest BCUT2D eigenvalue weighted by atomic mass is 9.94. The van der Waals surface area contributed by atoms with E-state index in [1.165, 1.54) is 22.3 Å². The van der Waals surface area contributed by atoms with Gasteiger partial charge in [0, 0.05) is 38.4 Å². The Bertz CT molecular complexity index is 3850. The third kappa shape index (κ3) is 6.76. The highest BCUT2D eigenvalue weighted by Crippen LogP contribution is 2.43. The summed E-state index contributed by atoms with van der Waals surface area (Å²) in [6, 6.07) is 88.5. The molecule has 0 saturated carbocycles. The molecule has 3 aromatic heterocycles. The van der Waals surface area contributed by atoms with Gasteiger partial charge in [-0.15, -0.1) is 0 Å². The Kier molecular flexibility index (Phi) is 9.43. The minimum atomic E-state index is 0.554. The van der Waals surface area contributed by atoms with E-state index in [2.05, 4.69) is 221 Å². The van der Waals surface area contributed by atoms with Crippen LogP contribution in [0.4, 0.5) is 0 Å². The second kappa shape index (κ2) is 16.4. The van der Waals surface area contributed by atoms with Crippen LogP contribution in [0.3, 0.4) is 0 Å². The van der Waals surface area contributed by atoms with E-state index in [0.717, 1.165) is 82.7 Å². The average molecular weight is 868 g/mol. The fraction of sp³-hybridized carbons (Fsp3) is 0. The number of rotatable bonds is 8. The van der Waals surface area contributed by atoms with Crippen molar-refractivity contribution < 1.29 is 0 Å². The predicted molar refractivity (Wildman–Crippen MR) is 281 cm³/mol. The van der Waals surface area contributed by atoms with Crippen LogP contribution < -0.4 is 0 Å². The summed E-state index contributed by atoms with van der Waals surface area (Å²) in [6.45, 7) is 0. The smallest absolute Gasteiger partial charge is 0.238 e. The van der Waals surface area contributed by atoms with E-state index in [-0.39, 0.29) is 0 Å². The quantitative estimate of drug-likeness (QED) is 0.153. The molecule has 13 aromatic rings. The highest BCUT2D eigenvalue weighted by atomic mass is 15.2. The van der Waals surface area contributed by atoms with E-state index in [0.29, 0.717) is 17.6 Å². The van der Waals surface area contributed by atoms with E-state index in [1.807, 2.05) is 36.4 Å². The minimum absolute atomic E-state index is 0.554. The van der Waals surface area contributed by atoms with Gasteiger partial charge in [0.2, 0.25) is 5.95 Å². The molecule has 0 aliphatic rings. The Labute approximate surface area is 393 Å². The van der Waals surface area contributed by atoms with Crippen LogP contribution >= 0.6 is 0 Å². The second-order valence-electron chi connectivity index (χ2n) is 17.2. The predicted octanol–water partition coefficient (Wildman–Crippen LogP) is 16.1. The summed E-state index contributed by atoms with van der Waals surface area (Å²) < 4.78 is 4.73. The van der Waals surface area contributed by atoms with Crippen LogP contribution in [-0.4, -0.2) is 24.1 Å². The lowest BCUT2D eigenvalue weighted by Crippen LogP contribution is -2.07.